The van der Waals surface area contributed by atoms with E-state index in [0.717, 1.165) is 0 Å². The van der Waals surface area contributed by atoms with Gasteiger partial charge in [-0.1, -0.05) is 0 Å². The van der Waals surface area contributed by atoms with Crippen molar-refractivity contribution in [2.75, 3.05) is 32.2 Å². The lowest BCUT2D eigenvalue weighted by molar-refractivity contribution is -0.0436. The highest BCUT2D eigenvalue weighted by Gasteiger charge is 2.23. The zero-order valence-electron chi connectivity index (χ0n) is 11.0. The van der Waals surface area contributed by atoms with Gasteiger partial charge in [-0.2, -0.15) is 0 Å². The second-order valence-electron chi connectivity index (χ2n) is 3.87. The third-order valence-electron chi connectivity index (χ3n) is 2.65. The molecule has 6 heteroatoms. The van der Waals surface area contributed by atoms with Crippen LogP contribution in [0.25, 0.3) is 0 Å². The molecule has 0 saturated carbocycles. The van der Waals surface area contributed by atoms with Crippen LogP contribution in [0.4, 0.5) is 10.5 Å². The number of carbonyl (C=O) groups excluding carboxylic acids is 1. The molecule has 0 atom stereocenters. The van der Waals surface area contributed by atoms with Crippen molar-refractivity contribution in [2.24, 2.45) is 0 Å². The summed E-state index contributed by atoms with van der Waals surface area (Å²) >= 11 is 0. The largest absolute Gasteiger partial charge is 0.497 e. The van der Waals surface area contributed by atoms with E-state index in [2.05, 4.69) is 5.32 Å². The molecule has 0 unspecified atom stereocenters. The molecule has 1 fully saturated rings. The molecule has 0 radical (unpaired) electrons. The molecule has 1 heterocycles. The van der Waals surface area contributed by atoms with E-state index in [1.807, 2.05) is 0 Å². The summed E-state index contributed by atoms with van der Waals surface area (Å²) in [5, 5.41) is 2.66. The summed E-state index contributed by atoms with van der Waals surface area (Å²) in [6, 6.07) is 5.26. The lowest BCUT2D eigenvalue weighted by Gasteiger charge is -2.16. The van der Waals surface area contributed by atoms with Gasteiger partial charge in [0.2, 0.25) is 0 Å². The zero-order valence-corrected chi connectivity index (χ0v) is 11.0. The van der Waals surface area contributed by atoms with Gasteiger partial charge in [0.1, 0.15) is 5.75 Å². The Hall–Kier alpha value is -1.79. The van der Waals surface area contributed by atoms with Gasteiger partial charge in [-0.05, 0) is 25.1 Å². The van der Waals surface area contributed by atoms with Crippen molar-refractivity contribution in [3.63, 3.8) is 0 Å². The molecule has 1 amide bonds. The molecule has 19 heavy (non-hydrogen) atoms. The number of rotatable bonds is 4. The molecule has 1 aromatic rings. The number of hydrogen-bond acceptors (Lipinski definition) is 5. The van der Waals surface area contributed by atoms with E-state index in [4.69, 9.17) is 18.9 Å². The summed E-state index contributed by atoms with van der Waals surface area (Å²) in [6.45, 7) is 3.12. The zero-order chi connectivity index (χ0) is 13.7. The van der Waals surface area contributed by atoms with Gasteiger partial charge in [0.15, 0.2) is 6.29 Å². The Kier molecular flexibility index (Phi) is 4.59. The number of carbonyl (C=O) groups is 1. The first-order valence-electron chi connectivity index (χ1n) is 6.09. The number of ether oxygens (including phenoxy) is 4. The number of amides is 1. The Morgan fingerprint density at radius 3 is 2.79 bits per heavy atom. The maximum atomic E-state index is 11.5. The van der Waals surface area contributed by atoms with E-state index in [1.54, 1.807) is 32.2 Å². The molecule has 0 spiro atoms. The molecule has 0 aliphatic carbocycles. The summed E-state index contributed by atoms with van der Waals surface area (Å²) in [4.78, 5) is 11.5. The van der Waals surface area contributed by atoms with Crippen LogP contribution in [0.2, 0.25) is 0 Å². The van der Waals surface area contributed by atoms with Crippen LogP contribution in [0.15, 0.2) is 18.2 Å². The number of methoxy groups -OCH3 is 1. The maximum Gasteiger partial charge on any atom is 0.411 e. The Labute approximate surface area is 111 Å². The minimum atomic E-state index is -0.507. The van der Waals surface area contributed by atoms with E-state index < -0.39 is 12.4 Å². The van der Waals surface area contributed by atoms with Gasteiger partial charge in [-0.15, -0.1) is 0 Å². The van der Waals surface area contributed by atoms with Crippen molar-refractivity contribution in [1.29, 1.82) is 0 Å². The molecule has 1 aliphatic heterocycles. The molecule has 1 N–H and O–H groups in total. The molecule has 2 rings (SSSR count). The summed E-state index contributed by atoms with van der Waals surface area (Å²) < 4.78 is 20.9. The smallest absolute Gasteiger partial charge is 0.411 e. The lowest BCUT2D eigenvalue weighted by Crippen LogP contribution is -2.15. The number of hydrogen-bond donors (Lipinski definition) is 1. The van der Waals surface area contributed by atoms with Gasteiger partial charge >= 0.3 is 6.09 Å². The first-order valence-corrected chi connectivity index (χ1v) is 6.09. The van der Waals surface area contributed by atoms with Crippen LogP contribution in [-0.4, -0.2) is 33.0 Å². The molecular formula is C13H17NO5. The van der Waals surface area contributed by atoms with Gasteiger partial charge in [0, 0.05) is 5.56 Å². The quantitative estimate of drug-likeness (QED) is 0.906. The second kappa shape index (κ2) is 6.40. The molecule has 6 nitrogen and oxygen atoms in total. The summed E-state index contributed by atoms with van der Waals surface area (Å²) in [5.74, 6) is 0.670. The fourth-order valence-electron chi connectivity index (χ4n) is 1.79. The molecule has 1 aromatic carbocycles. The van der Waals surface area contributed by atoms with Crippen LogP contribution in [-0.2, 0) is 14.2 Å². The van der Waals surface area contributed by atoms with Gasteiger partial charge in [-0.25, -0.2) is 4.79 Å². The van der Waals surface area contributed by atoms with E-state index in [9.17, 15) is 4.79 Å². The van der Waals surface area contributed by atoms with Crippen molar-refractivity contribution < 1.29 is 23.7 Å². The monoisotopic (exact) mass is 267 g/mol. The van der Waals surface area contributed by atoms with Gasteiger partial charge in [0.05, 0.1) is 32.6 Å². The third-order valence-corrected chi connectivity index (χ3v) is 2.65. The molecule has 0 aromatic heterocycles. The molecule has 104 valence electrons. The average molecular weight is 267 g/mol. The summed E-state index contributed by atoms with van der Waals surface area (Å²) in [7, 11) is 1.58. The maximum absolute atomic E-state index is 11.5. The Morgan fingerprint density at radius 2 is 2.16 bits per heavy atom. The van der Waals surface area contributed by atoms with Crippen LogP contribution in [0, 0.1) is 0 Å². The molecule has 0 bridgehead atoms. The standard InChI is InChI=1S/C13H17NO5/c1-3-17-13(15)14-11-5-4-9(16-2)8-10(11)12-18-6-7-19-12/h4-5,8,12H,3,6-7H2,1-2H3,(H,14,15). The van der Waals surface area contributed by atoms with E-state index >= 15 is 0 Å². The van der Waals surface area contributed by atoms with E-state index in [0.29, 0.717) is 36.8 Å². The number of nitrogens with one attached hydrogen (secondary N) is 1. The Morgan fingerprint density at radius 1 is 1.42 bits per heavy atom. The van der Waals surface area contributed by atoms with Gasteiger partial charge in [-0.3, -0.25) is 5.32 Å². The predicted octanol–water partition coefficient (Wildman–Crippen LogP) is 2.31. The fourth-order valence-corrected chi connectivity index (χ4v) is 1.79. The van der Waals surface area contributed by atoms with Crippen molar-refractivity contribution >= 4 is 11.8 Å². The van der Waals surface area contributed by atoms with Gasteiger partial charge < -0.3 is 18.9 Å². The van der Waals surface area contributed by atoms with E-state index in [-0.39, 0.29) is 0 Å². The second-order valence-corrected chi connectivity index (χ2v) is 3.87. The van der Waals surface area contributed by atoms with Crippen LogP contribution < -0.4 is 10.1 Å². The normalized spacial score (nSPS) is 15.3. The first-order chi connectivity index (χ1) is 9.24. The molecule has 1 aliphatic rings. The fraction of sp³-hybridized carbons (Fsp3) is 0.462. The highest BCUT2D eigenvalue weighted by molar-refractivity contribution is 5.86. The molecule has 1 saturated heterocycles. The average Bonchev–Trinajstić information content (AvgIpc) is 2.93. The lowest BCUT2D eigenvalue weighted by atomic mass is 10.1. The van der Waals surface area contributed by atoms with Crippen molar-refractivity contribution in [3.05, 3.63) is 23.8 Å². The van der Waals surface area contributed by atoms with Crippen molar-refractivity contribution in [1.82, 2.24) is 0 Å². The van der Waals surface area contributed by atoms with Crippen LogP contribution in [0.5, 0.6) is 5.75 Å². The SMILES string of the molecule is CCOC(=O)Nc1ccc(OC)cc1C1OCCO1. The van der Waals surface area contributed by atoms with Crippen LogP contribution >= 0.6 is 0 Å². The number of anilines is 1. The van der Waals surface area contributed by atoms with Crippen molar-refractivity contribution in [2.45, 2.75) is 13.2 Å². The van der Waals surface area contributed by atoms with Crippen LogP contribution in [0.1, 0.15) is 18.8 Å². The topological polar surface area (TPSA) is 66.0 Å². The summed E-state index contributed by atoms with van der Waals surface area (Å²) in [6.07, 6.45) is -1.00. The van der Waals surface area contributed by atoms with Gasteiger partial charge in [0.25, 0.3) is 0 Å². The first kappa shape index (κ1) is 13.6. The minimum absolute atomic E-state index is 0.313. The Bertz CT molecular complexity index is 443. The third kappa shape index (κ3) is 3.36. The Balaban J connectivity index is 2.22. The number of benzene rings is 1. The van der Waals surface area contributed by atoms with Crippen LogP contribution in [0.3, 0.4) is 0 Å². The minimum Gasteiger partial charge on any atom is -0.497 e. The van der Waals surface area contributed by atoms with E-state index in [1.165, 1.54) is 0 Å². The summed E-state index contributed by atoms with van der Waals surface area (Å²) in [5.41, 5.74) is 1.30. The predicted molar refractivity (Wildman–Crippen MR) is 68.3 cm³/mol. The highest BCUT2D eigenvalue weighted by Crippen LogP contribution is 2.32. The highest BCUT2D eigenvalue weighted by atomic mass is 16.7. The molecular weight excluding hydrogens is 250 g/mol. The van der Waals surface area contributed by atoms with Crippen molar-refractivity contribution in [3.8, 4) is 5.75 Å².